The molecule has 0 spiro atoms. The Balaban J connectivity index is 1.20. The molecule has 1 saturated heterocycles. The summed E-state index contributed by atoms with van der Waals surface area (Å²) in [5.41, 5.74) is 0.675. The Bertz CT molecular complexity index is 1040. The Morgan fingerprint density at radius 2 is 1.69 bits per heavy atom. The molecule has 0 aromatic heterocycles. The number of likely N-dealkylation sites (N-methyl/N-ethyl adjacent to an activating group) is 1. The van der Waals surface area contributed by atoms with Gasteiger partial charge in [-0.25, -0.2) is 14.0 Å². The van der Waals surface area contributed by atoms with Gasteiger partial charge in [-0.2, -0.15) is 0 Å². The Kier molecular flexibility index (Phi) is 7.69. The SMILES string of the molecule is CN(CC1(F)CCN(C(=O)OCc2ccc(C(=O)OC(C)(C)C)cc2)CC1)C1CC1c1ccccc1. The van der Waals surface area contributed by atoms with Crippen molar-refractivity contribution in [1.29, 1.82) is 0 Å². The van der Waals surface area contributed by atoms with Crippen molar-refractivity contribution in [3.63, 3.8) is 0 Å². The van der Waals surface area contributed by atoms with Gasteiger partial charge in [-0.15, -0.1) is 0 Å². The number of piperidine rings is 1. The van der Waals surface area contributed by atoms with Crippen LogP contribution in [0.15, 0.2) is 54.6 Å². The summed E-state index contributed by atoms with van der Waals surface area (Å²) >= 11 is 0. The number of rotatable bonds is 7. The van der Waals surface area contributed by atoms with Crippen molar-refractivity contribution in [2.45, 2.75) is 69.9 Å². The zero-order valence-corrected chi connectivity index (χ0v) is 21.7. The minimum Gasteiger partial charge on any atom is -0.456 e. The van der Waals surface area contributed by atoms with Gasteiger partial charge in [0.1, 0.15) is 17.9 Å². The van der Waals surface area contributed by atoms with Crippen molar-refractivity contribution in [2.75, 3.05) is 26.7 Å². The minimum absolute atomic E-state index is 0.0932. The monoisotopic (exact) mass is 496 g/mol. The second-order valence-corrected chi connectivity index (χ2v) is 11.1. The molecule has 1 heterocycles. The summed E-state index contributed by atoms with van der Waals surface area (Å²) in [6, 6.07) is 17.6. The van der Waals surface area contributed by atoms with Crippen molar-refractivity contribution >= 4 is 12.1 Å². The summed E-state index contributed by atoms with van der Waals surface area (Å²) in [5.74, 6) is 0.0880. The Morgan fingerprint density at radius 1 is 1.06 bits per heavy atom. The van der Waals surface area contributed by atoms with E-state index >= 15 is 4.39 Å². The largest absolute Gasteiger partial charge is 0.456 e. The maximum atomic E-state index is 15.6. The predicted octanol–water partition coefficient (Wildman–Crippen LogP) is 5.57. The third kappa shape index (κ3) is 6.84. The maximum absolute atomic E-state index is 15.6. The summed E-state index contributed by atoms with van der Waals surface area (Å²) in [6.07, 6.45) is 1.24. The van der Waals surface area contributed by atoms with E-state index in [1.54, 1.807) is 29.2 Å². The first-order valence-corrected chi connectivity index (χ1v) is 12.7. The smallest absolute Gasteiger partial charge is 0.410 e. The van der Waals surface area contributed by atoms with Gasteiger partial charge in [0.25, 0.3) is 0 Å². The first-order valence-electron chi connectivity index (χ1n) is 12.7. The molecule has 2 aromatic rings. The van der Waals surface area contributed by atoms with Crippen LogP contribution < -0.4 is 0 Å². The molecule has 0 radical (unpaired) electrons. The number of hydrogen-bond acceptors (Lipinski definition) is 5. The molecule has 1 saturated carbocycles. The lowest BCUT2D eigenvalue weighted by molar-refractivity contribution is 0.00684. The van der Waals surface area contributed by atoms with Crippen LogP contribution in [0, 0.1) is 0 Å². The highest BCUT2D eigenvalue weighted by molar-refractivity contribution is 5.89. The van der Waals surface area contributed by atoms with Crippen LogP contribution in [-0.2, 0) is 16.1 Å². The average Bonchev–Trinajstić information content (AvgIpc) is 3.64. The highest BCUT2D eigenvalue weighted by Gasteiger charge is 2.45. The number of ether oxygens (including phenoxy) is 2. The highest BCUT2D eigenvalue weighted by Crippen LogP contribution is 2.45. The molecule has 194 valence electrons. The molecular formula is C29H37FN2O4. The summed E-state index contributed by atoms with van der Waals surface area (Å²) in [7, 11) is 2.00. The Labute approximate surface area is 213 Å². The van der Waals surface area contributed by atoms with Crippen molar-refractivity contribution in [3.05, 3.63) is 71.3 Å². The van der Waals surface area contributed by atoms with Gasteiger partial charge in [-0.3, -0.25) is 4.90 Å². The lowest BCUT2D eigenvalue weighted by Gasteiger charge is -2.38. The van der Waals surface area contributed by atoms with E-state index < -0.39 is 23.3 Å². The van der Waals surface area contributed by atoms with Crippen molar-refractivity contribution in [1.82, 2.24) is 9.80 Å². The number of nitrogens with zero attached hydrogens (tertiary/aromatic N) is 2. The Hall–Kier alpha value is -2.93. The van der Waals surface area contributed by atoms with Gasteiger partial charge in [0.2, 0.25) is 0 Å². The number of alkyl halides is 1. The second-order valence-electron chi connectivity index (χ2n) is 11.1. The molecule has 2 unspecified atom stereocenters. The van der Waals surface area contributed by atoms with E-state index in [2.05, 4.69) is 29.2 Å². The molecule has 1 amide bonds. The summed E-state index contributed by atoms with van der Waals surface area (Å²) in [5, 5.41) is 0. The number of esters is 1. The van der Waals surface area contributed by atoms with Gasteiger partial charge in [-0.1, -0.05) is 42.5 Å². The molecule has 2 fully saturated rings. The standard InChI is InChI=1S/C29H37FN2O4/c1-28(2,3)36-26(33)23-12-10-21(11-13-23)19-35-27(34)32-16-14-29(30,15-17-32)20-31(4)25-18-24(25)22-8-6-5-7-9-22/h5-13,24-25H,14-20H2,1-4H3. The summed E-state index contributed by atoms with van der Waals surface area (Å²) in [6.45, 7) is 6.61. The van der Waals surface area contributed by atoms with E-state index in [-0.39, 0.29) is 6.61 Å². The molecule has 0 bridgehead atoms. The molecule has 2 aromatic carbocycles. The molecule has 2 atom stereocenters. The topological polar surface area (TPSA) is 59.1 Å². The van der Waals surface area contributed by atoms with Gasteiger partial charge in [-0.05, 0) is 57.5 Å². The number of likely N-dealkylation sites (tertiary alicyclic amines) is 1. The summed E-state index contributed by atoms with van der Waals surface area (Å²) in [4.78, 5) is 28.4. The molecular weight excluding hydrogens is 459 g/mol. The van der Waals surface area contributed by atoms with Crippen LogP contribution in [0.1, 0.15) is 67.4 Å². The van der Waals surface area contributed by atoms with Gasteiger partial charge in [0.05, 0.1) is 5.56 Å². The average molecular weight is 497 g/mol. The van der Waals surface area contributed by atoms with Crippen LogP contribution in [0.2, 0.25) is 0 Å². The fourth-order valence-corrected chi connectivity index (χ4v) is 4.85. The van der Waals surface area contributed by atoms with Crippen molar-refractivity contribution < 1.29 is 23.5 Å². The number of hydrogen-bond donors (Lipinski definition) is 0. The van der Waals surface area contributed by atoms with E-state index in [0.717, 1.165) is 12.0 Å². The zero-order valence-electron chi connectivity index (χ0n) is 21.7. The molecule has 36 heavy (non-hydrogen) atoms. The van der Waals surface area contributed by atoms with Gasteiger partial charge in [0.15, 0.2) is 0 Å². The quantitative estimate of drug-likeness (QED) is 0.469. The third-order valence-corrected chi connectivity index (χ3v) is 6.95. The number of benzene rings is 2. The van der Waals surface area contributed by atoms with Crippen LogP contribution >= 0.6 is 0 Å². The number of carbonyl (C=O) groups excluding carboxylic acids is 2. The zero-order chi connectivity index (χ0) is 25.9. The van der Waals surface area contributed by atoms with Gasteiger partial charge >= 0.3 is 12.1 Å². The van der Waals surface area contributed by atoms with Gasteiger partial charge < -0.3 is 14.4 Å². The number of carbonyl (C=O) groups is 2. The number of amides is 1. The normalized spacial score (nSPS) is 21.2. The van der Waals surface area contributed by atoms with Crippen LogP contribution in [0.5, 0.6) is 0 Å². The van der Waals surface area contributed by atoms with Crippen LogP contribution in [0.25, 0.3) is 0 Å². The van der Waals surface area contributed by atoms with Crippen molar-refractivity contribution in [3.8, 4) is 0 Å². The lowest BCUT2D eigenvalue weighted by Crippen LogP contribution is -2.49. The molecule has 2 aliphatic rings. The van der Waals surface area contributed by atoms with E-state index in [9.17, 15) is 9.59 Å². The van der Waals surface area contributed by atoms with E-state index in [1.165, 1.54) is 5.56 Å². The fraction of sp³-hybridized carbons (Fsp3) is 0.517. The van der Waals surface area contributed by atoms with E-state index in [4.69, 9.17) is 9.47 Å². The second kappa shape index (κ2) is 10.6. The van der Waals surface area contributed by atoms with Crippen LogP contribution in [0.4, 0.5) is 9.18 Å². The highest BCUT2D eigenvalue weighted by atomic mass is 19.1. The van der Waals surface area contributed by atoms with Crippen LogP contribution in [-0.4, -0.2) is 65.9 Å². The van der Waals surface area contributed by atoms with E-state index in [0.29, 0.717) is 50.0 Å². The van der Waals surface area contributed by atoms with Crippen LogP contribution in [0.3, 0.4) is 0 Å². The first-order chi connectivity index (χ1) is 17.0. The third-order valence-electron chi connectivity index (χ3n) is 6.95. The summed E-state index contributed by atoms with van der Waals surface area (Å²) < 4.78 is 26.4. The predicted molar refractivity (Wildman–Crippen MR) is 137 cm³/mol. The molecule has 6 nitrogen and oxygen atoms in total. The fourth-order valence-electron chi connectivity index (χ4n) is 4.85. The molecule has 4 rings (SSSR count). The molecule has 1 aliphatic carbocycles. The van der Waals surface area contributed by atoms with Gasteiger partial charge in [0, 0.05) is 44.4 Å². The van der Waals surface area contributed by atoms with E-state index in [1.807, 2.05) is 33.9 Å². The molecule has 1 aliphatic heterocycles. The number of halogens is 1. The molecule has 0 N–H and O–H groups in total. The minimum atomic E-state index is -1.30. The Morgan fingerprint density at radius 3 is 2.31 bits per heavy atom. The molecule has 7 heteroatoms. The lowest BCUT2D eigenvalue weighted by atomic mass is 9.93. The first kappa shape index (κ1) is 26.1. The van der Waals surface area contributed by atoms with Crippen molar-refractivity contribution in [2.24, 2.45) is 0 Å². The maximum Gasteiger partial charge on any atom is 0.410 e.